The summed E-state index contributed by atoms with van der Waals surface area (Å²) in [4.78, 5) is 11.6. The number of aromatic nitrogens is 3. The predicted molar refractivity (Wildman–Crippen MR) is 594 cm³/mol. The van der Waals surface area contributed by atoms with E-state index in [9.17, 15) is 0 Å². The first kappa shape index (κ1) is 115. The average molecular weight is 1810 g/mol. The van der Waals surface area contributed by atoms with E-state index in [0.29, 0.717) is 38.4 Å². The summed E-state index contributed by atoms with van der Waals surface area (Å²) in [5, 5.41) is 0.802. The van der Waals surface area contributed by atoms with Gasteiger partial charge in [-0.05, 0) is 328 Å². The maximum atomic E-state index is 5.95. The highest BCUT2D eigenvalue weighted by molar-refractivity contribution is 6.30. The molecule has 11 rings (SSSR count). The van der Waals surface area contributed by atoms with Crippen LogP contribution in [0.2, 0.25) is 5.02 Å². The van der Waals surface area contributed by atoms with Gasteiger partial charge in [0.05, 0.1) is 6.20 Å². The number of aromatic amines is 1. The lowest BCUT2D eigenvalue weighted by Gasteiger charge is -2.16. The van der Waals surface area contributed by atoms with Gasteiger partial charge in [-0.15, -0.1) is 0 Å². The van der Waals surface area contributed by atoms with Crippen molar-refractivity contribution in [3.63, 3.8) is 0 Å². The largest absolute Gasteiger partial charge is 0.445 e. The molecular formula is C128H174ClN3O. The second-order valence-corrected chi connectivity index (χ2v) is 45.3. The Labute approximate surface area is 817 Å². The van der Waals surface area contributed by atoms with E-state index in [4.69, 9.17) is 16.0 Å². The molecule has 0 amide bonds. The fourth-order valence-electron chi connectivity index (χ4n) is 13.4. The number of hydrogen-bond donors (Lipinski definition) is 1. The highest BCUT2D eigenvalue weighted by Crippen LogP contribution is 2.33. The number of hydrogen-bond acceptors (Lipinski definition) is 3. The van der Waals surface area contributed by atoms with E-state index in [1.165, 1.54) is 135 Å². The van der Waals surface area contributed by atoms with Crippen LogP contribution in [0.1, 0.15) is 327 Å². The Kier molecular flexibility index (Phi) is 49.6. The van der Waals surface area contributed by atoms with Crippen molar-refractivity contribution < 1.29 is 4.42 Å². The smallest absolute Gasteiger partial charge is 0.225 e. The van der Waals surface area contributed by atoms with Gasteiger partial charge < -0.3 is 9.40 Å². The van der Waals surface area contributed by atoms with Gasteiger partial charge >= 0.3 is 0 Å². The SMILES string of the molecule is C/C(=C\CC(C)(C)C)c1cccc(-c2ccccc2)c1.C/C(=C\CC(C)(C)C)c1cccc(-c2ncc[nH]2)c1.C/C(=C\CC(C)(C)C)c1cccc(-c2ncco2)c1.C/C(=C\CC(C)(C)C)c1cccc(C)c1.C/C(=C\CC(C)(C)C)c1cccc(C)c1.C/C(=C\CC(C)(C)C)c1cccc(Cl)c1.CC(C)=CCc1ccc(CC(C)C)cc1.CC(C)=CCc1cccc(CC(C)C)c1. The summed E-state index contributed by atoms with van der Waals surface area (Å²) < 4.78 is 5.34. The molecule has 2 heterocycles. The summed E-state index contributed by atoms with van der Waals surface area (Å²) in [6.07, 6.45) is 36.5. The molecule has 4 nitrogen and oxygen atoms in total. The van der Waals surface area contributed by atoms with Gasteiger partial charge in [0.25, 0.3) is 0 Å². The van der Waals surface area contributed by atoms with Crippen LogP contribution in [-0.4, -0.2) is 15.0 Å². The monoisotopic (exact) mass is 1800 g/mol. The lowest BCUT2D eigenvalue weighted by atomic mass is 9.90. The molecule has 0 unspecified atom stereocenters. The minimum atomic E-state index is 0.321. The van der Waals surface area contributed by atoms with E-state index < -0.39 is 0 Å². The van der Waals surface area contributed by atoms with E-state index >= 15 is 0 Å². The van der Waals surface area contributed by atoms with E-state index in [2.05, 4.69) is 493 Å². The molecule has 0 radical (unpaired) electrons. The molecule has 0 spiro atoms. The Morgan fingerprint density at radius 3 is 0.992 bits per heavy atom. The summed E-state index contributed by atoms with van der Waals surface area (Å²) in [7, 11) is 0. The van der Waals surface area contributed by atoms with Gasteiger partial charge in [0.1, 0.15) is 12.1 Å². The number of imidazole rings is 1. The van der Waals surface area contributed by atoms with E-state index in [1.807, 2.05) is 36.5 Å². The fraction of sp³-hybridized carbons (Fsp3) is 0.406. The maximum absolute atomic E-state index is 5.95. The summed E-state index contributed by atoms with van der Waals surface area (Å²) >= 11 is 5.95. The topological polar surface area (TPSA) is 54.7 Å². The molecule has 0 aliphatic rings. The van der Waals surface area contributed by atoms with Crippen LogP contribution in [0, 0.1) is 58.2 Å². The van der Waals surface area contributed by atoms with E-state index in [1.54, 1.807) is 18.7 Å². The molecule has 133 heavy (non-hydrogen) atoms. The molecule has 0 fully saturated rings. The van der Waals surface area contributed by atoms with Gasteiger partial charge in [-0.2, -0.15) is 0 Å². The molecule has 0 aliphatic heterocycles. The summed E-state index contributed by atoms with van der Waals surface area (Å²) in [5.41, 5.74) is 33.8. The van der Waals surface area contributed by atoms with Gasteiger partial charge in [-0.3, -0.25) is 0 Å². The summed E-state index contributed by atoms with van der Waals surface area (Å²) in [6.45, 7) is 75.7. The van der Waals surface area contributed by atoms with Gasteiger partial charge in [0.2, 0.25) is 5.89 Å². The Morgan fingerprint density at radius 2 is 0.632 bits per heavy atom. The first-order valence-electron chi connectivity index (χ1n) is 48.8. The molecule has 0 atom stereocenters. The minimum absolute atomic E-state index is 0.321. The van der Waals surface area contributed by atoms with Crippen LogP contribution in [0.25, 0.3) is 67.4 Å². The maximum Gasteiger partial charge on any atom is 0.225 e. The van der Waals surface area contributed by atoms with Crippen LogP contribution in [-0.2, 0) is 25.7 Å². The van der Waals surface area contributed by atoms with Crippen LogP contribution in [0.4, 0.5) is 0 Å². The molecule has 5 heteroatoms. The Morgan fingerprint density at radius 1 is 0.308 bits per heavy atom. The lowest BCUT2D eigenvalue weighted by molar-refractivity contribution is 0.420. The van der Waals surface area contributed by atoms with Crippen LogP contribution in [0.5, 0.6) is 0 Å². The van der Waals surface area contributed by atoms with Gasteiger partial charge in [-0.1, -0.05) is 423 Å². The number of oxazole rings is 1. The predicted octanol–water partition coefficient (Wildman–Crippen LogP) is 39.9. The highest BCUT2D eigenvalue weighted by Gasteiger charge is 2.16. The number of halogens is 1. The molecule has 11 aromatic rings. The van der Waals surface area contributed by atoms with Crippen molar-refractivity contribution in [1.82, 2.24) is 15.0 Å². The van der Waals surface area contributed by atoms with Crippen LogP contribution < -0.4 is 0 Å². The average Bonchev–Trinajstić information content (AvgIpc) is 1.54. The quantitative estimate of drug-likeness (QED) is 0.0650. The van der Waals surface area contributed by atoms with Crippen LogP contribution in [0.15, 0.2) is 313 Å². The molecule has 0 bridgehead atoms. The molecule has 714 valence electrons. The third kappa shape index (κ3) is 52.8. The third-order valence-corrected chi connectivity index (χ3v) is 21.9. The van der Waals surface area contributed by atoms with Gasteiger partial charge in [0, 0.05) is 28.5 Å². The molecule has 0 aliphatic carbocycles. The number of aryl methyl sites for hydroxylation is 2. The van der Waals surface area contributed by atoms with Crippen molar-refractivity contribution in [1.29, 1.82) is 0 Å². The Hall–Kier alpha value is -10.4. The summed E-state index contributed by atoms with van der Waals surface area (Å²) in [5.74, 6) is 3.08. The van der Waals surface area contributed by atoms with Crippen molar-refractivity contribution in [2.45, 2.75) is 300 Å². The number of benzene rings is 9. The first-order chi connectivity index (χ1) is 62.2. The van der Waals surface area contributed by atoms with Crippen LogP contribution in [0.3, 0.4) is 0 Å². The number of H-pyrrole nitrogens is 1. The number of rotatable bonds is 23. The van der Waals surface area contributed by atoms with Crippen molar-refractivity contribution in [2.24, 2.45) is 44.3 Å². The minimum Gasteiger partial charge on any atom is -0.445 e. The van der Waals surface area contributed by atoms with E-state index in [0.717, 1.165) is 85.2 Å². The van der Waals surface area contributed by atoms with Crippen molar-refractivity contribution in [3.05, 3.63) is 381 Å². The second kappa shape index (κ2) is 57.4. The zero-order chi connectivity index (χ0) is 99.3. The molecule has 0 saturated carbocycles. The molecule has 9 aromatic carbocycles. The van der Waals surface area contributed by atoms with Gasteiger partial charge in [0.15, 0.2) is 0 Å². The molecular weight excluding hydrogens is 1630 g/mol. The van der Waals surface area contributed by atoms with Crippen LogP contribution >= 0.6 is 11.6 Å². The van der Waals surface area contributed by atoms with Crippen molar-refractivity contribution in [2.75, 3.05) is 0 Å². The number of nitrogens with one attached hydrogen (secondary N) is 1. The zero-order valence-corrected chi connectivity index (χ0v) is 90.0. The van der Waals surface area contributed by atoms with Crippen molar-refractivity contribution in [3.8, 4) is 34.0 Å². The number of allylic oxidation sites excluding steroid dienone is 16. The highest BCUT2D eigenvalue weighted by atomic mass is 35.5. The summed E-state index contributed by atoms with van der Waals surface area (Å²) in [6, 6.07) is 79.5. The van der Waals surface area contributed by atoms with Crippen molar-refractivity contribution >= 4 is 45.0 Å². The Bertz CT molecular complexity index is 5150. The van der Waals surface area contributed by atoms with E-state index in [-0.39, 0.29) is 0 Å². The molecule has 0 saturated heterocycles. The first-order valence-corrected chi connectivity index (χ1v) is 49.1. The molecule has 2 aromatic heterocycles. The third-order valence-electron chi connectivity index (χ3n) is 21.7. The molecule has 1 N–H and O–H groups in total. The fourth-order valence-corrected chi connectivity index (χ4v) is 13.6. The standard InChI is InChI=1S/C20H24.C17H22N2.C17H21NO.4C15H22.C14H19Cl/c1-16(13-14-20(2,3)4)18-11-8-12-19(15-18)17-9-6-5-7-10-17;2*1-13(8-9-17(2,3)4)14-6-5-7-15(12-14)16-18-10-11-19-16;2*1-12-7-6-8-14(11-12)13(2)9-10-15(3,4)5;1-12(2)5-6-14-7-9-15(10-8-14)11-13(3)4;1-12(2)8-9-14-6-5-7-15(11-14)10-13(3)4;1-11(8-9-14(2,3)4)12-6-5-7-13(15)10-12/h5-13,15H,14H2,1-4H3;5-8,10-12H,9H2,1-4H3,(H,18,19);5-8,10-12H,9H2,1-4H3;2*6-9,11H,10H2,1-5H3;5,7-10,13H,6,11H2,1-4H3;5-8,11,13H,9-10H2,1-4H3;5-8,10H,9H2,1-4H3/b16-13+;2*13-8+;2*13-9+;;;11-8+. The Balaban J connectivity index is 0.000000319. The number of nitrogens with zero attached hydrogens (tertiary/aromatic N) is 2. The zero-order valence-electron chi connectivity index (χ0n) is 89.2. The second-order valence-electron chi connectivity index (χ2n) is 44.8. The lowest BCUT2D eigenvalue weighted by Crippen LogP contribution is -2.02. The van der Waals surface area contributed by atoms with Gasteiger partial charge in [-0.25, -0.2) is 9.97 Å². The normalized spacial score (nSPS) is 12.3.